The van der Waals surface area contributed by atoms with Crippen LogP contribution in [0.3, 0.4) is 0 Å². The second-order valence-electron chi connectivity index (χ2n) is 4.79. The fourth-order valence-corrected chi connectivity index (χ4v) is 2.36. The van der Waals surface area contributed by atoms with E-state index in [-0.39, 0.29) is 35.7 Å². The van der Waals surface area contributed by atoms with Crippen LogP contribution >= 0.6 is 12.4 Å². The minimum absolute atomic E-state index is 0. The highest BCUT2D eigenvalue weighted by Gasteiger charge is 2.25. The molecular formula is C14H19ClF2N2O2. The van der Waals surface area contributed by atoms with Gasteiger partial charge in [0.15, 0.2) is 0 Å². The minimum atomic E-state index is -2.94. The van der Waals surface area contributed by atoms with Crippen LogP contribution < -0.4 is 10.1 Å². The van der Waals surface area contributed by atoms with Crippen LogP contribution in [0.15, 0.2) is 24.3 Å². The van der Waals surface area contributed by atoms with Crippen molar-refractivity contribution in [3.63, 3.8) is 0 Å². The molecule has 1 aromatic carbocycles. The summed E-state index contributed by atoms with van der Waals surface area (Å²) in [5.41, 5.74) is 0.167. The zero-order valence-corrected chi connectivity index (χ0v) is 12.5. The number of nitrogens with zero attached hydrogens (tertiary/aromatic N) is 1. The summed E-state index contributed by atoms with van der Waals surface area (Å²) in [6, 6.07) is 6.17. The Kier molecular flexibility index (Phi) is 6.84. The number of nitrogens with one attached hydrogen (secondary N) is 1. The third-order valence-electron chi connectivity index (χ3n) is 3.47. The lowest BCUT2D eigenvalue weighted by molar-refractivity contribution is -0.0503. The predicted molar refractivity (Wildman–Crippen MR) is 78.3 cm³/mol. The van der Waals surface area contributed by atoms with E-state index < -0.39 is 6.61 Å². The normalized spacial score (nSPS) is 18.0. The summed E-state index contributed by atoms with van der Waals surface area (Å²) in [5.74, 6) is -0.377. The molecule has 1 aliphatic rings. The maximum absolute atomic E-state index is 12.4. The van der Waals surface area contributed by atoms with Gasteiger partial charge in [0.25, 0.3) is 5.91 Å². The van der Waals surface area contributed by atoms with Gasteiger partial charge in [-0.1, -0.05) is 12.1 Å². The highest BCUT2D eigenvalue weighted by molar-refractivity contribution is 5.97. The highest BCUT2D eigenvalue weighted by Crippen LogP contribution is 2.23. The van der Waals surface area contributed by atoms with Crippen molar-refractivity contribution < 1.29 is 18.3 Å². The standard InChI is InChI=1S/C14H18F2N2O2.ClH/c1-18(10-5-4-8-17-9-10)13(19)11-6-2-3-7-12(11)20-14(15)16;/h2-3,6-7,10,14,17H,4-5,8-9H2,1H3;1H/t10-;/m0./s1. The Morgan fingerprint density at radius 3 is 2.76 bits per heavy atom. The number of para-hydroxylation sites is 1. The van der Waals surface area contributed by atoms with Crippen molar-refractivity contribution in [1.29, 1.82) is 0 Å². The molecule has 118 valence electrons. The summed E-state index contributed by atoms with van der Waals surface area (Å²) in [6.45, 7) is -1.27. The lowest BCUT2D eigenvalue weighted by Crippen LogP contribution is -2.46. The molecule has 4 nitrogen and oxygen atoms in total. The Morgan fingerprint density at radius 1 is 1.43 bits per heavy atom. The van der Waals surface area contributed by atoms with Crippen LogP contribution in [0.4, 0.5) is 8.78 Å². The average molecular weight is 321 g/mol. The zero-order valence-electron chi connectivity index (χ0n) is 11.7. The minimum Gasteiger partial charge on any atom is -0.434 e. The van der Waals surface area contributed by atoms with Crippen molar-refractivity contribution in [2.45, 2.75) is 25.5 Å². The molecule has 21 heavy (non-hydrogen) atoms. The molecule has 0 aromatic heterocycles. The maximum atomic E-state index is 12.4. The summed E-state index contributed by atoms with van der Waals surface area (Å²) in [7, 11) is 1.69. The second kappa shape index (κ2) is 8.14. The number of amides is 1. The van der Waals surface area contributed by atoms with Gasteiger partial charge in [0.2, 0.25) is 0 Å². The molecule has 0 aliphatic carbocycles. The summed E-state index contributed by atoms with van der Waals surface area (Å²) in [5, 5.41) is 3.22. The van der Waals surface area contributed by atoms with Crippen LogP contribution in [0, 0.1) is 0 Å². The molecular weight excluding hydrogens is 302 g/mol. The number of carbonyl (C=O) groups excluding carboxylic acids is 1. The van der Waals surface area contributed by atoms with Gasteiger partial charge in [-0.2, -0.15) is 8.78 Å². The molecule has 0 spiro atoms. The Morgan fingerprint density at radius 2 is 2.14 bits per heavy atom. The van der Waals surface area contributed by atoms with Gasteiger partial charge in [-0.05, 0) is 31.5 Å². The van der Waals surface area contributed by atoms with E-state index in [0.29, 0.717) is 0 Å². The van der Waals surface area contributed by atoms with Crippen molar-refractivity contribution in [3.05, 3.63) is 29.8 Å². The van der Waals surface area contributed by atoms with Crippen LogP contribution in [0.25, 0.3) is 0 Å². The lowest BCUT2D eigenvalue weighted by Gasteiger charge is -2.32. The molecule has 1 amide bonds. The Labute approximate surface area is 128 Å². The third kappa shape index (κ3) is 4.54. The molecule has 7 heteroatoms. The van der Waals surface area contributed by atoms with Crippen molar-refractivity contribution in [3.8, 4) is 5.75 Å². The molecule has 0 saturated carbocycles. The molecule has 1 heterocycles. The van der Waals surface area contributed by atoms with Gasteiger partial charge in [-0.15, -0.1) is 12.4 Å². The topological polar surface area (TPSA) is 41.6 Å². The number of hydrogen-bond acceptors (Lipinski definition) is 3. The van der Waals surface area contributed by atoms with E-state index in [1.165, 1.54) is 12.1 Å². The fraction of sp³-hybridized carbons (Fsp3) is 0.500. The Bertz CT molecular complexity index is 468. The largest absolute Gasteiger partial charge is 0.434 e. The smallest absolute Gasteiger partial charge is 0.387 e. The quantitative estimate of drug-likeness (QED) is 0.927. The number of ether oxygens (including phenoxy) is 1. The predicted octanol–water partition coefficient (Wildman–Crippen LogP) is 2.53. The number of benzene rings is 1. The first-order chi connectivity index (χ1) is 9.59. The molecule has 2 rings (SSSR count). The summed E-state index contributed by atoms with van der Waals surface area (Å²) >= 11 is 0. The molecule has 0 unspecified atom stereocenters. The van der Waals surface area contributed by atoms with Gasteiger partial charge in [0.05, 0.1) is 5.56 Å². The van der Waals surface area contributed by atoms with E-state index in [0.717, 1.165) is 25.9 Å². The number of likely N-dealkylation sites (N-methyl/N-ethyl adjacent to an activating group) is 1. The maximum Gasteiger partial charge on any atom is 0.387 e. The van der Waals surface area contributed by atoms with Crippen molar-refractivity contribution in [1.82, 2.24) is 10.2 Å². The number of halogens is 3. The van der Waals surface area contributed by atoms with E-state index in [9.17, 15) is 13.6 Å². The lowest BCUT2D eigenvalue weighted by atomic mass is 10.0. The monoisotopic (exact) mass is 320 g/mol. The van der Waals surface area contributed by atoms with Gasteiger partial charge < -0.3 is 15.0 Å². The molecule has 1 aromatic rings. The van der Waals surface area contributed by atoms with Crippen LogP contribution in [0.2, 0.25) is 0 Å². The molecule has 1 saturated heterocycles. The van der Waals surface area contributed by atoms with Crippen LogP contribution in [-0.4, -0.2) is 43.6 Å². The Hall–Kier alpha value is -1.40. The van der Waals surface area contributed by atoms with Gasteiger partial charge in [0, 0.05) is 19.6 Å². The number of hydrogen-bond donors (Lipinski definition) is 1. The molecule has 1 aliphatic heterocycles. The first kappa shape index (κ1) is 17.7. The summed E-state index contributed by atoms with van der Waals surface area (Å²) in [4.78, 5) is 14.0. The van der Waals surface area contributed by atoms with Crippen molar-refractivity contribution >= 4 is 18.3 Å². The second-order valence-corrected chi connectivity index (χ2v) is 4.79. The SMILES string of the molecule is CN(C(=O)c1ccccc1OC(F)F)[C@H]1CCCNC1.Cl. The van der Waals surface area contributed by atoms with Crippen LogP contribution in [0.5, 0.6) is 5.75 Å². The molecule has 1 N–H and O–H groups in total. The molecule has 0 radical (unpaired) electrons. The van der Waals surface area contributed by atoms with Crippen LogP contribution in [0.1, 0.15) is 23.2 Å². The van der Waals surface area contributed by atoms with E-state index in [2.05, 4.69) is 10.1 Å². The number of alkyl halides is 2. The van der Waals surface area contributed by atoms with Gasteiger partial charge in [0.1, 0.15) is 5.75 Å². The first-order valence-corrected chi connectivity index (χ1v) is 6.61. The average Bonchev–Trinajstić information content (AvgIpc) is 2.46. The molecule has 1 atom stereocenters. The Balaban J connectivity index is 0.00000220. The van der Waals surface area contributed by atoms with E-state index in [1.54, 1.807) is 24.1 Å². The number of piperidine rings is 1. The van der Waals surface area contributed by atoms with E-state index >= 15 is 0 Å². The fourth-order valence-electron chi connectivity index (χ4n) is 2.36. The summed E-state index contributed by atoms with van der Waals surface area (Å²) in [6.07, 6.45) is 1.91. The van der Waals surface area contributed by atoms with Crippen molar-refractivity contribution in [2.24, 2.45) is 0 Å². The van der Waals surface area contributed by atoms with Gasteiger partial charge in [-0.25, -0.2) is 0 Å². The molecule has 0 bridgehead atoms. The van der Waals surface area contributed by atoms with Gasteiger partial charge >= 0.3 is 6.61 Å². The van der Waals surface area contributed by atoms with E-state index in [1.807, 2.05) is 0 Å². The first-order valence-electron chi connectivity index (χ1n) is 6.61. The zero-order chi connectivity index (χ0) is 14.5. The number of carbonyl (C=O) groups is 1. The van der Waals surface area contributed by atoms with Crippen molar-refractivity contribution in [2.75, 3.05) is 20.1 Å². The third-order valence-corrected chi connectivity index (χ3v) is 3.47. The van der Waals surface area contributed by atoms with E-state index in [4.69, 9.17) is 0 Å². The van der Waals surface area contributed by atoms with Crippen LogP contribution in [-0.2, 0) is 0 Å². The summed E-state index contributed by atoms with van der Waals surface area (Å²) < 4.78 is 29.1. The molecule has 1 fully saturated rings. The highest BCUT2D eigenvalue weighted by atomic mass is 35.5. The van der Waals surface area contributed by atoms with Gasteiger partial charge in [-0.3, -0.25) is 4.79 Å². The number of rotatable bonds is 4.